The van der Waals surface area contributed by atoms with E-state index in [0.29, 0.717) is 0 Å². The van der Waals surface area contributed by atoms with Crippen LogP contribution in [0.15, 0.2) is 64.9 Å². The predicted molar refractivity (Wildman–Crippen MR) is 153 cm³/mol. The number of anilines is 1. The van der Waals surface area contributed by atoms with Gasteiger partial charge in [0.1, 0.15) is 6.10 Å². The Hall–Kier alpha value is -3.46. The first-order valence-electron chi connectivity index (χ1n) is 13.0. The van der Waals surface area contributed by atoms with Crippen LogP contribution in [-0.4, -0.2) is 85.5 Å². The largest absolute Gasteiger partial charge is 0.486 e. The second-order valence-corrected chi connectivity index (χ2v) is 14.1. The number of imidazole rings is 1. The van der Waals surface area contributed by atoms with Gasteiger partial charge >= 0.3 is 0 Å². The van der Waals surface area contributed by atoms with Crippen molar-refractivity contribution in [2.45, 2.75) is 42.8 Å². The fourth-order valence-electron chi connectivity index (χ4n) is 4.51. The van der Waals surface area contributed by atoms with E-state index in [-0.39, 0.29) is 46.6 Å². The molecule has 0 saturated carbocycles. The van der Waals surface area contributed by atoms with E-state index in [1.165, 1.54) is 63.7 Å². The van der Waals surface area contributed by atoms with E-state index in [0.717, 1.165) is 5.56 Å². The van der Waals surface area contributed by atoms with Crippen molar-refractivity contribution in [3.05, 3.63) is 66.1 Å². The SMILES string of the molecule is Cc1ccc(S(=O)(=O)N(C)C[C@@H]2Oc3c(NS(=O)(=O)c4cn(C)cn4)cccc3C(=O)N([C@@H](C)CO)C[C@@H]2C)cc1. The van der Waals surface area contributed by atoms with Gasteiger partial charge in [-0.25, -0.2) is 13.4 Å². The number of likely N-dealkylation sites (N-methyl/N-ethyl adjacent to an activating group) is 1. The van der Waals surface area contributed by atoms with E-state index in [2.05, 4.69) is 9.71 Å². The van der Waals surface area contributed by atoms with E-state index in [4.69, 9.17) is 4.74 Å². The summed E-state index contributed by atoms with van der Waals surface area (Å²) >= 11 is 0. The number of hydrogen-bond donors (Lipinski definition) is 2. The summed E-state index contributed by atoms with van der Waals surface area (Å²) in [4.78, 5) is 19.2. The highest BCUT2D eigenvalue weighted by molar-refractivity contribution is 7.92. The van der Waals surface area contributed by atoms with Crippen LogP contribution in [0.5, 0.6) is 5.75 Å². The molecule has 2 N–H and O–H groups in total. The zero-order valence-electron chi connectivity index (χ0n) is 23.6. The second kappa shape index (κ2) is 11.8. The van der Waals surface area contributed by atoms with E-state index < -0.39 is 44.0 Å². The van der Waals surface area contributed by atoms with Gasteiger partial charge < -0.3 is 19.3 Å². The Morgan fingerprint density at radius 2 is 1.85 bits per heavy atom. The minimum Gasteiger partial charge on any atom is -0.486 e. The summed E-state index contributed by atoms with van der Waals surface area (Å²) in [6, 6.07) is 10.4. The van der Waals surface area contributed by atoms with E-state index >= 15 is 0 Å². The maximum absolute atomic E-state index is 13.7. The molecule has 14 heteroatoms. The molecule has 1 aromatic heterocycles. The number of aryl methyl sites for hydroxylation is 2. The first-order valence-corrected chi connectivity index (χ1v) is 15.9. The van der Waals surface area contributed by atoms with Crippen LogP contribution in [0.3, 0.4) is 0 Å². The second-order valence-electron chi connectivity index (χ2n) is 10.4. The normalized spacial score (nSPS) is 18.8. The highest BCUT2D eigenvalue weighted by atomic mass is 32.2. The third-order valence-electron chi connectivity index (χ3n) is 7.06. The summed E-state index contributed by atoms with van der Waals surface area (Å²) < 4.78 is 64.5. The molecule has 2 heterocycles. The number of sulfonamides is 2. The number of aliphatic hydroxyl groups is 1. The number of carbonyl (C=O) groups excluding carboxylic acids is 1. The molecule has 0 spiro atoms. The molecule has 12 nitrogen and oxygen atoms in total. The number of para-hydroxylation sites is 1. The monoisotopic (exact) mass is 605 g/mol. The summed E-state index contributed by atoms with van der Waals surface area (Å²) in [5.41, 5.74) is 0.998. The molecule has 0 fully saturated rings. The first kappa shape index (κ1) is 30.5. The minimum absolute atomic E-state index is 0.00116. The van der Waals surface area contributed by atoms with Crippen molar-refractivity contribution in [3.63, 3.8) is 0 Å². The van der Waals surface area contributed by atoms with Crippen molar-refractivity contribution in [1.82, 2.24) is 18.8 Å². The predicted octanol–water partition coefficient (Wildman–Crippen LogP) is 2.07. The van der Waals surface area contributed by atoms with Gasteiger partial charge in [-0.3, -0.25) is 9.52 Å². The molecule has 0 bridgehead atoms. The number of carbonyl (C=O) groups is 1. The average molecular weight is 606 g/mol. The number of hydrogen-bond acceptors (Lipinski definition) is 8. The quantitative estimate of drug-likeness (QED) is 0.376. The number of fused-ring (bicyclic) bond motifs is 1. The van der Waals surface area contributed by atoms with E-state index in [1.807, 2.05) is 13.8 Å². The number of nitrogens with zero attached hydrogens (tertiary/aromatic N) is 4. The topological polar surface area (TPSA) is 151 Å². The number of aromatic nitrogens is 2. The van der Waals surface area contributed by atoms with Crippen LogP contribution >= 0.6 is 0 Å². The smallest absolute Gasteiger partial charge is 0.281 e. The molecule has 0 aliphatic carbocycles. The van der Waals surface area contributed by atoms with Gasteiger partial charge in [0.15, 0.2) is 10.8 Å². The average Bonchev–Trinajstić information content (AvgIpc) is 3.38. The Balaban J connectivity index is 1.76. The van der Waals surface area contributed by atoms with Crippen molar-refractivity contribution < 1.29 is 31.5 Å². The highest BCUT2D eigenvalue weighted by Gasteiger charge is 2.36. The Bertz CT molecular complexity index is 1620. The molecule has 4 rings (SSSR count). The maximum Gasteiger partial charge on any atom is 0.281 e. The van der Waals surface area contributed by atoms with Gasteiger partial charge in [-0.2, -0.15) is 12.7 Å². The molecule has 222 valence electrons. The van der Waals surface area contributed by atoms with Crippen molar-refractivity contribution >= 4 is 31.6 Å². The number of nitrogens with one attached hydrogen (secondary N) is 1. The van der Waals surface area contributed by atoms with Crippen molar-refractivity contribution in [1.29, 1.82) is 0 Å². The van der Waals surface area contributed by atoms with Gasteiger partial charge in [0.2, 0.25) is 10.0 Å². The van der Waals surface area contributed by atoms with Crippen LogP contribution in [0.25, 0.3) is 0 Å². The van der Waals surface area contributed by atoms with Crippen LogP contribution in [-0.2, 0) is 27.1 Å². The first-order chi connectivity index (χ1) is 19.2. The van der Waals surface area contributed by atoms with Crippen molar-refractivity contribution in [2.24, 2.45) is 13.0 Å². The van der Waals surface area contributed by atoms with Gasteiger partial charge in [0.05, 0.1) is 41.7 Å². The lowest BCUT2D eigenvalue weighted by molar-refractivity contribution is 0.0389. The molecule has 1 amide bonds. The molecule has 2 aromatic carbocycles. The number of benzene rings is 2. The zero-order valence-corrected chi connectivity index (χ0v) is 25.2. The van der Waals surface area contributed by atoms with Gasteiger partial charge in [0, 0.05) is 32.8 Å². The number of amides is 1. The number of ether oxygens (including phenoxy) is 1. The number of aliphatic hydroxyl groups excluding tert-OH is 1. The zero-order chi connectivity index (χ0) is 30.1. The highest BCUT2D eigenvalue weighted by Crippen LogP contribution is 2.36. The van der Waals surface area contributed by atoms with Crippen LogP contribution in [0.2, 0.25) is 0 Å². The van der Waals surface area contributed by atoms with Crippen molar-refractivity contribution in [3.8, 4) is 5.75 Å². The van der Waals surface area contributed by atoms with Crippen LogP contribution < -0.4 is 9.46 Å². The fraction of sp³-hybridized carbons (Fsp3) is 0.407. The summed E-state index contributed by atoms with van der Waals surface area (Å²) in [7, 11) is -4.95. The van der Waals surface area contributed by atoms with E-state index in [9.17, 15) is 26.7 Å². The Morgan fingerprint density at radius 1 is 1.17 bits per heavy atom. The van der Waals surface area contributed by atoms with Crippen molar-refractivity contribution in [2.75, 3.05) is 31.5 Å². The van der Waals surface area contributed by atoms with Crippen LogP contribution in [0.4, 0.5) is 5.69 Å². The lowest BCUT2D eigenvalue weighted by Gasteiger charge is -2.38. The third kappa shape index (κ3) is 6.40. The molecule has 3 atom stereocenters. The Labute approximate surface area is 240 Å². The maximum atomic E-state index is 13.7. The van der Waals surface area contributed by atoms with Gasteiger partial charge in [-0.1, -0.05) is 30.7 Å². The summed E-state index contributed by atoms with van der Waals surface area (Å²) in [6.07, 6.45) is 1.89. The lowest BCUT2D eigenvalue weighted by Crippen LogP contribution is -2.50. The van der Waals surface area contributed by atoms with Gasteiger partial charge in [-0.15, -0.1) is 0 Å². The van der Waals surface area contributed by atoms with Crippen LogP contribution in [0, 0.1) is 12.8 Å². The molecule has 3 aromatic rings. The van der Waals surface area contributed by atoms with Crippen LogP contribution in [0.1, 0.15) is 29.8 Å². The molecular formula is C27H35N5O7S2. The Morgan fingerprint density at radius 3 is 2.46 bits per heavy atom. The molecule has 1 aliphatic heterocycles. The summed E-state index contributed by atoms with van der Waals surface area (Å²) in [6.45, 7) is 5.16. The molecular weight excluding hydrogens is 570 g/mol. The van der Waals surface area contributed by atoms with E-state index in [1.54, 1.807) is 26.1 Å². The Kier molecular flexibility index (Phi) is 8.78. The van der Waals surface area contributed by atoms with Gasteiger partial charge in [-0.05, 0) is 38.1 Å². The molecule has 41 heavy (non-hydrogen) atoms. The fourth-order valence-corrected chi connectivity index (χ4v) is 6.74. The number of rotatable bonds is 9. The minimum atomic E-state index is -4.15. The molecule has 1 aliphatic rings. The standard InChI is InChI=1S/C27H35N5O7S2/c1-18-9-11-21(12-10-18)41(37,38)31(5)14-24-19(2)13-32(20(3)16-33)27(34)22-7-6-8-23(26(22)39-24)29-40(35,36)25-15-30(4)17-28-25/h6-12,15,17,19-20,24,29,33H,13-14,16H2,1-5H3/t19-,20-,24-/m0/s1. The lowest BCUT2D eigenvalue weighted by atomic mass is 9.99. The molecule has 0 unspecified atom stereocenters. The third-order valence-corrected chi connectivity index (χ3v) is 10.1. The van der Waals surface area contributed by atoms with Gasteiger partial charge in [0.25, 0.3) is 15.9 Å². The summed E-state index contributed by atoms with van der Waals surface area (Å²) in [5, 5.41) is 9.66. The summed E-state index contributed by atoms with van der Waals surface area (Å²) in [5.74, 6) is -0.895. The molecule has 0 radical (unpaired) electrons. The molecule has 0 saturated heterocycles.